The van der Waals surface area contributed by atoms with Crippen LogP contribution in [0, 0.1) is 17.8 Å². The highest BCUT2D eigenvalue weighted by Crippen LogP contribution is 2.42. The number of carbonyl (C=O) groups excluding carboxylic acids is 2. The molecule has 3 rings (SSSR count). The Morgan fingerprint density at radius 1 is 1.23 bits per heavy atom. The Morgan fingerprint density at radius 2 is 1.86 bits per heavy atom. The number of hydrogen-bond donors (Lipinski definition) is 2. The number of nitrogens with two attached hydrogens (primary N) is 1. The van der Waals surface area contributed by atoms with Gasteiger partial charge in [-0.25, -0.2) is 0 Å². The third-order valence-corrected chi connectivity index (χ3v) is 5.96. The molecule has 3 unspecified atom stereocenters. The van der Waals surface area contributed by atoms with Gasteiger partial charge in [-0.15, -0.1) is 0 Å². The van der Waals surface area contributed by atoms with Gasteiger partial charge >= 0.3 is 0 Å². The number of likely N-dealkylation sites (tertiary alicyclic amines) is 1. The molecular formula is C17H29N3O2. The Labute approximate surface area is 133 Å². The smallest absolute Gasteiger partial charge is 0.245 e. The Kier molecular flexibility index (Phi) is 4.44. The highest BCUT2D eigenvalue weighted by molar-refractivity contribution is 5.90. The third kappa shape index (κ3) is 2.87. The van der Waals surface area contributed by atoms with Crippen LogP contribution in [-0.4, -0.2) is 41.4 Å². The molecule has 2 bridgehead atoms. The first kappa shape index (κ1) is 15.8. The predicted octanol–water partition coefficient (Wildman–Crippen LogP) is 1.27. The first-order valence-electron chi connectivity index (χ1n) is 8.83. The van der Waals surface area contributed by atoms with Crippen LogP contribution < -0.4 is 11.1 Å². The molecule has 0 spiro atoms. The van der Waals surface area contributed by atoms with Crippen molar-refractivity contribution in [2.75, 3.05) is 6.54 Å². The normalized spacial score (nSPS) is 38.5. The molecule has 3 aliphatic rings. The van der Waals surface area contributed by atoms with E-state index >= 15 is 0 Å². The maximum Gasteiger partial charge on any atom is 0.245 e. The van der Waals surface area contributed by atoms with Crippen molar-refractivity contribution in [2.45, 2.75) is 70.5 Å². The summed E-state index contributed by atoms with van der Waals surface area (Å²) >= 11 is 0. The van der Waals surface area contributed by atoms with Crippen molar-refractivity contribution in [1.29, 1.82) is 0 Å². The van der Waals surface area contributed by atoms with Crippen molar-refractivity contribution in [2.24, 2.45) is 23.5 Å². The lowest BCUT2D eigenvalue weighted by Gasteiger charge is -2.43. The van der Waals surface area contributed by atoms with Gasteiger partial charge in [0.1, 0.15) is 6.04 Å². The van der Waals surface area contributed by atoms with Crippen molar-refractivity contribution in [1.82, 2.24) is 10.2 Å². The summed E-state index contributed by atoms with van der Waals surface area (Å²) in [5, 5.41) is 3.02. The number of nitrogens with one attached hydrogen (secondary N) is 1. The summed E-state index contributed by atoms with van der Waals surface area (Å²) in [5.74, 6) is 1.20. The minimum atomic E-state index is -0.314. The average molecular weight is 307 g/mol. The van der Waals surface area contributed by atoms with Crippen molar-refractivity contribution in [3.05, 3.63) is 0 Å². The highest BCUT2D eigenvalue weighted by atomic mass is 16.2. The van der Waals surface area contributed by atoms with Crippen LogP contribution in [0.2, 0.25) is 0 Å². The lowest BCUT2D eigenvalue weighted by atomic mass is 9.65. The van der Waals surface area contributed by atoms with Crippen LogP contribution in [0.3, 0.4) is 0 Å². The fourth-order valence-corrected chi connectivity index (χ4v) is 4.64. The first-order chi connectivity index (χ1) is 10.5. The highest BCUT2D eigenvalue weighted by Gasteiger charge is 2.42. The van der Waals surface area contributed by atoms with Gasteiger partial charge in [0.05, 0.1) is 0 Å². The molecule has 124 valence electrons. The van der Waals surface area contributed by atoms with Crippen molar-refractivity contribution >= 4 is 11.8 Å². The van der Waals surface area contributed by atoms with E-state index in [1.165, 1.54) is 6.42 Å². The van der Waals surface area contributed by atoms with Gasteiger partial charge in [-0.1, -0.05) is 6.42 Å². The summed E-state index contributed by atoms with van der Waals surface area (Å²) < 4.78 is 0. The molecule has 3 fully saturated rings. The van der Waals surface area contributed by atoms with E-state index in [1.807, 2.05) is 18.7 Å². The summed E-state index contributed by atoms with van der Waals surface area (Å²) in [6, 6.07) is 0.175. The standard InChI is InChI=1S/C17H29N3O2/c1-10(2)20-7-6-14(17(20)22)19-16(21)13-8-11-4-3-5-12(9-13)15(11)18/h10-15H,3-9,18H2,1-2H3,(H,19,21). The minimum absolute atomic E-state index is 0.0519. The molecule has 22 heavy (non-hydrogen) atoms. The summed E-state index contributed by atoms with van der Waals surface area (Å²) in [7, 11) is 0. The van der Waals surface area contributed by atoms with Gasteiger partial charge in [0.25, 0.3) is 0 Å². The number of rotatable bonds is 3. The minimum Gasteiger partial charge on any atom is -0.344 e. The topological polar surface area (TPSA) is 75.4 Å². The molecule has 0 aromatic carbocycles. The van der Waals surface area contributed by atoms with E-state index in [1.54, 1.807) is 0 Å². The monoisotopic (exact) mass is 307 g/mol. The van der Waals surface area contributed by atoms with Crippen LogP contribution in [0.4, 0.5) is 0 Å². The van der Waals surface area contributed by atoms with E-state index in [2.05, 4.69) is 5.32 Å². The summed E-state index contributed by atoms with van der Waals surface area (Å²) in [6.45, 7) is 4.79. The SMILES string of the molecule is CC(C)N1CCC(NC(=O)C2CC3CCCC(C2)C3N)C1=O. The van der Waals surface area contributed by atoms with Crippen LogP contribution >= 0.6 is 0 Å². The molecule has 3 atom stereocenters. The second-order valence-corrected chi connectivity index (χ2v) is 7.67. The van der Waals surface area contributed by atoms with Crippen LogP contribution in [-0.2, 0) is 9.59 Å². The van der Waals surface area contributed by atoms with E-state index < -0.39 is 0 Å². The Bertz CT molecular complexity index is 437. The van der Waals surface area contributed by atoms with Gasteiger partial charge in [0, 0.05) is 24.5 Å². The van der Waals surface area contributed by atoms with E-state index in [4.69, 9.17) is 5.73 Å². The molecule has 0 aromatic rings. The van der Waals surface area contributed by atoms with E-state index in [-0.39, 0.29) is 35.9 Å². The second-order valence-electron chi connectivity index (χ2n) is 7.67. The first-order valence-corrected chi connectivity index (χ1v) is 8.83. The second kappa shape index (κ2) is 6.19. The van der Waals surface area contributed by atoms with Crippen molar-refractivity contribution in [3.63, 3.8) is 0 Å². The third-order valence-electron chi connectivity index (χ3n) is 5.96. The lowest BCUT2D eigenvalue weighted by molar-refractivity contribution is -0.136. The van der Waals surface area contributed by atoms with Crippen LogP contribution in [0.1, 0.15) is 52.4 Å². The van der Waals surface area contributed by atoms with E-state index in [9.17, 15) is 9.59 Å². The molecule has 2 saturated carbocycles. The van der Waals surface area contributed by atoms with Gasteiger partial charge in [-0.05, 0) is 57.8 Å². The molecule has 0 radical (unpaired) electrons. The summed E-state index contributed by atoms with van der Waals surface area (Å²) in [5.41, 5.74) is 6.29. The molecule has 3 N–H and O–H groups in total. The van der Waals surface area contributed by atoms with Crippen molar-refractivity contribution < 1.29 is 9.59 Å². The molecule has 1 saturated heterocycles. The van der Waals surface area contributed by atoms with Crippen LogP contribution in [0.5, 0.6) is 0 Å². The maximum absolute atomic E-state index is 12.6. The average Bonchev–Trinajstić information content (AvgIpc) is 2.80. The Morgan fingerprint density at radius 3 is 2.41 bits per heavy atom. The van der Waals surface area contributed by atoms with Crippen molar-refractivity contribution in [3.8, 4) is 0 Å². The van der Waals surface area contributed by atoms with E-state index in [0.29, 0.717) is 11.8 Å². The molecule has 5 nitrogen and oxygen atoms in total. The quantitative estimate of drug-likeness (QED) is 0.824. The molecule has 1 aliphatic heterocycles. The van der Waals surface area contributed by atoms with Gasteiger partial charge < -0.3 is 16.0 Å². The Hall–Kier alpha value is -1.10. The molecule has 1 heterocycles. The fourth-order valence-electron chi connectivity index (χ4n) is 4.64. The lowest BCUT2D eigenvalue weighted by Crippen LogP contribution is -2.51. The van der Waals surface area contributed by atoms with Crippen LogP contribution in [0.25, 0.3) is 0 Å². The Balaban J connectivity index is 1.58. The number of nitrogens with zero attached hydrogens (tertiary/aromatic N) is 1. The number of hydrogen-bond acceptors (Lipinski definition) is 3. The van der Waals surface area contributed by atoms with Gasteiger partial charge in [-0.3, -0.25) is 9.59 Å². The van der Waals surface area contributed by atoms with Gasteiger partial charge in [-0.2, -0.15) is 0 Å². The predicted molar refractivity (Wildman–Crippen MR) is 84.9 cm³/mol. The van der Waals surface area contributed by atoms with E-state index in [0.717, 1.165) is 38.6 Å². The number of amides is 2. The molecule has 0 aromatic heterocycles. The molecule has 5 heteroatoms. The molecule has 2 aliphatic carbocycles. The zero-order valence-corrected chi connectivity index (χ0v) is 13.8. The van der Waals surface area contributed by atoms with Gasteiger partial charge in [0.15, 0.2) is 0 Å². The van der Waals surface area contributed by atoms with Crippen LogP contribution in [0.15, 0.2) is 0 Å². The summed E-state index contributed by atoms with van der Waals surface area (Å²) in [4.78, 5) is 26.8. The molecular weight excluding hydrogens is 278 g/mol. The zero-order chi connectivity index (χ0) is 15.9. The number of carbonyl (C=O) groups is 2. The fraction of sp³-hybridized carbons (Fsp3) is 0.882. The maximum atomic E-state index is 12.6. The largest absolute Gasteiger partial charge is 0.344 e. The number of fused-ring (bicyclic) bond motifs is 2. The summed E-state index contributed by atoms with van der Waals surface area (Å²) in [6.07, 6.45) is 6.11. The molecule has 2 amide bonds. The zero-order valence-electron chi connectivity index (χ0n) is 13.8. The van der Waals surface area contributed by atoms with Gasteiger partial charge in [0.2, 0.25) is 11.8 Å².